The summed E-state index contributed by atoms with van der Waals surface area (Å²) in [7, 11) is 0. The molecular formula is C15H14N8O. The Kier molecular flexibility index (Phi) is 3.12. The molecular weight excluding hydrogens is 308 g/mol. The molecule has 0 aliphatic rings. The van der Waals surface area contributed by atoms with Gasteiger partial charge in [-0.2, -0.15) is 15.1 Å². The number of rotatable bonds is 3. The van der Waals surface area contributed by atoms with Gasteiger partial charge in [0.25, 0.3) is 5.95 Å². The molecule has 0 aliphatic carbocycles. The van der Waals surface area contributed by atoms with Crippen LogP contribution in [-0.4, -0.2) is 34.3 Å². The number of aromatic nitrogens is 7. The Balaban J connectivity index is 1.87. The lowest BCUT2D eigenvalue weighted by Crippen LogP contribution is -2.18. The van der Waals surface area contributed by atoms with Gasteiger partial charge in [-0.25, -0.2) is 9.48 Å². The lowest BCUT2D eigenvalue weighted by atomic mass is 10.2. The molecule has 0 atom stereocenters. The monoisotopic (exact) mass is 322 g/mol. The van der Waals surface area contributed by atoms with E-state index >= 15 is 0 Å². The fourth-order valence-corrected chi connectivity index (χ4v) is 2.45. The number of pyridine rings is 1. The number of nitrogens with two attached hydrogens (primary N) is 1. The summed E-state index contributed by atoms with van der Waals surface area (Å²) in [5.74, 6) is 0.503. The molecule has 24 heavy (non-hydrogen) atoms. The Morgan fingerprint density at radius 3 is 2.88 bits per heavy atom. The summed E-state index contributed by atoms with van der Waals surface area (Å²) in [5, 5.41) is 4.09. The number of fused-ring (bicyclic) bond motifs is 1. The zero-order chi connectivity index (χ0) is 16.7. The van der Waals surface area contributed by atoms with Gasteiger partial charge in [0.2, 0.25) is 0 Å². The summed E-state index contributed by atoms with van der Waals surface area (Å²) in [6.45, 7) is 2.24. The number of aryl methyl sites for hydroxylation is 1. The minimum absolute atomic E-state index is 0.198. The largest absolute Gasteiger partial charge is 0.382 e. The van der Waals surface area contributed by atoms with Gasteiger partial charge in [0.1, 0.15) is 5.52 Å². The van der Waals surface area contributed by atoms with Gasteiger partial charge in [-0.15, -0.1) is 0 Å². The van der Waals surface area contributed by atoms with E-state index < -0.39 is 0 Å². The topological polar surface area (TPSA) is 120 Å². The van der Waals surface area contributed by atoms with Crippen LogP contribution in [0.2, 0.25) is 0 Å². The highest BCUT2D eigenvalue weighted by atomic mass is 16.1. The summed E-state index contributed by atoms with van der Waals surface area (Å²) in [4.78, 5) is 27.9. The van der Waals surface area contributed by atoms with Gasteiger partial charge in [-0.05, 0) is 24.6 Å². The molecule has 9 heteroatoms. The third-order valence-electron chi connectivity index (χ3n) is 3.66. The molecule has 3 N–H and O–H groups in total. The molecule has 0 fully saturated rings. The third kappa shape index (κ3) is 2.32. The number of anilines is 1. The van der Waals surface area contributed by atoms with E-state index in [1.54, 1.807) is 24.7 Å². The first-order valence-corrected chi connectivity index (χ1v) is 7.29. The van der Waals surface area contributed by atoms with Crippen LogP contribution in [0, 0.1) is 6.92 Å². The van der Waals surface area contributed by atoms with Crippen LogP contribution >= 0.6 is 0 Å². The summed E-state index contributed by atoms with van der Waals surface area (Å²) >= 11 is 0. The Morgan fingerprint density at radius 2 is 2.17 bits per heavy atom. The Bertz CT molecular complexity index is 1060. The van der Waals surface area contributed by atoms with Gasteiger partial charge in [0.15, 0.2) is 11.5 Å². The Morgan fingerprint density at radius 1 is 1.29 bits per heavy atom. The number of nitrogen functional groups attached to an aromatic ring is 1. The van der Waals surface area contributed by atoms with Crippen molar-refractivity contribution in [1.82, 2.24) is 34.3 Å². The molecule has 0 unspecified atom stereocenters. The Hall–Kier alpha value is -3.49. The number of hydrogen-bond donors (Lipinski definition) is 2. The zero-order valence-electron chi connectivity index (χ0n) is 12.8. The third-order valence-corrected chi connectivity index (χ3v) is 3.66. The number of imidazole rings is 1. The van der Waals surface area contributed by atoms with Crippen molar-refractivity contribution in [1.29, 1.82) is 0 Å². The highest BCUT2D eigenvalue weighted by Crippen LogP contribution is 2.16. The maximum absolute atomic E-state index is 12.3. The smallest absolute Gasteiger partial charge is 0.328 e. The molecule has 0 saturated heterocycles. The van der Waals surface area contributed by atoms with Crippen molar-refractivity contribution in [3.05, 3.63) is 58.5 Å². The molecule has 4 heterocycles. The van der Waals surface area contributed by atoms with Crippen molar-refractivity contribution < 1.29 is 0 Å². The first-order valence-electron chi connectivity index (χ1n) is 7.29. The van der Waals surface area contributed by atoms with E-state index in [0.29, 0.717) is 23.7 Å². The molecule has 120 valence electrons. The van der Waals surface area contributed by atoms with Crippen LogP contribution in [0.25, 0.3) is 17.1 Å². The summed E-state index contributed by atoms with van der Waals surface area (Å²) in [5.41, 5.74) is 8.32. The van der Waals surface area contributed by atoms with Gasteiger partial charge in [-0.1, -0.05) is 6.07 Å². The van der Waals surface area contributed by atoms with E-state index in [0.717, 1.165) is 11.3 Å². The molecule has 0 saturated carbocycles. The van der Waals surface area contributed by atoms with Crippen LogP contribution < -0.4 is 11.4 Å². The summed E-state index contributed by atoms with van der Waals surface area (Å²) in [6.07, 6.45) is 5.06. The number of nitrogens with one attached hydrogen (secondary N) is 1. The van der Waals surface area contributed by atoms with Gasteiger partial charge < -0.3 is 10.7 Å². The average Bonchev–Trinajstić information content (AvgIpc) is 3.19. The van der Waals surface area contributed by atoms with Gasteiger partial charge in [-0.3, -0.25) is 9.55 Å². The van der Waals surface area contributed by atoms with Crippen molar-refractivity contribution in [2.75, 3.05) is 5.73 Å². The van der Waals surface area contributed by atoms with E-state index in [1.807, 2.05) is 19.1 Å². The van der Waals surface area contributed by atoms with Crippen LogP contribution in [0.4, 0.5) is 5.82 Å². The molecule has 4 rings (SSSR count). The molecule has 0 amide bonds. The molecule has 9 nitrogen and oxygen atoms in total. The molecule has 0 radical (unpaired) electrons. The lowest BCUT2D eigenvalue weighted by Gasteiger charge is -2.05. The van der Waals surface area contributed by atoms with E-state index in [1.165, 1.54) is 9.25 Å². The number of aromatic amines is 1. The van der Waals surface area contributed by atoms with E-state index in [9.17, 15) is 4.79 Å². The minimum atomic E-state index is -0.302. The van der Waals surface area contributed by atoms with Gasteiger partial charge in [0, 0.05) is 24.3 Å². The van der Waals surface area contributed by atoms with Crippen LogP contribution in [0.5, 0.6) is 0 Å². The first kappa shape index (κ1) is 14.1. The van der Waals surface area contributed by atoms with Crippen molar-refractivity contribution >= 4 is 17.0 Å². The zero-order valence-corrected chi connectivity index (χ0v) is 12.8. The number of hydrogen-bond acceptors (Lipinski definition) is 6. The van der Waals surface area contributed by atoms with Gasteiger partial charge >= 0.3 is 5.69 Å². The van der Waals surface area contributed by atoms with Crippen LogP contribution in [0.3, 0.4) is 0 Å². The molecule has 0 aliphatic heterocycles. The van der Waals surface area contributed by atoms with Crippen LogP contribution in [0.15, 0.2) is 41.6 Å². The van der Waals surface area contributed by atoms with E-state index in [2.05, 4.69) is 25.0 Å². The second kappa shape index (κ2) is 5.30. The Labute approximate surface area is 135 Å². The maximum Gasteiger partial charge on any atom is 0.328 e. The van der Waals surface area contributed by atoms with Crippen molar-refractivity contribution in [2.24, 2.45) is 0 Å². The normalized spacial score (nSPS) is 11.2. The summed E-state index contributed by atoms with van der Waals surface area (Å²) < 4.78 is 3.00. The molecule has 0 aromatic carbocycles. The number of nitrogens with zero attached hydrogens (tertiary/aromatic N) is 6. The highest BCUT2D eigenvalue weighted by Gasteiger charge is 2.15. The van der Waals surface area contributed by atoms with E-state index in [4.69, 9.17) is 5.73 Å². The molecule has 4 aromatic rings. The molecule has 0 bridgehead atoms. The standard InChI is InChI=1S/C15H14N8O/c1-9-3-4-10(7-17-9)8-22-13-11(19-15(22)24)12(16)20-14(21-13)23-6-2-5-18-23/h2-7H,8H2,1H3,(H,19,24)(H2,16,20,21). The quantitative estimate of drug-likeness (QED) is 0.571. The second-order valence-corrected chi connectivity index (χ2v) is 5.38. The predicted octanol–water partition coefficient (Wildman–Crippen LogP) is 0.639. The minimum Gasteiger partial charge on any atom is -0.382 e. The van der Waals surface area contributed by atoms with Crippen molar-refractivity contribution in [3.63, 3.8) is 0 Å². The maximum atomic E-state index is 12.3. The molecule has 0 spiro atoms. The lowest BCUT2D eigenvalue weighted by molar-refractivity contribution is 0.762. The fraction of sp³-hybridized carbons (Fsp3) is 0.133. The van der Waals surface area contributed by atoms with Crippen molar-refractivity contribution in [3.8, 4) is 5.95 Å². The average molecular weight is 322 g/mol. The van der Waals surface area contributed by atoms with E-state index in [-0.39, 0.29) is 11.5 Å². The van der Waals surface area contributed by atoms with Crippen LogP contribution in [-0.2, 0) is 6.54 Å². The fourth-order valence-electron chi connectivity index (χ4n) is 2.45. The van der Waals surface area contributed by atoms with Gasteiger partial charge in [0.05, 0.1) is 6.54 Å². The first-order chi connectivity index (χ1) is 11.6. The predicted molar refractivity (Wildman–Crippen MR) is 87.8 cm³/mol. The van der Waals surface area contributed by atoms with Crippen LogP contribution in [0.1, 0.15) is 11.3 Å². The summed E-state index contributed by atoms with van der Waals surface area (Å²) in [6, 6.07) is 5.58. The van der Waals surface area contributed by atoms with Crippen molar-refractivity contribution in [2.45, 2.75) is 13.5 Å². The highest BCUT2D eigenvalue weighted by molar-refractivity contribution is 5.82. The SMILES string of the molecule is Cc1ccc(Cn2c(=O)[nH]c3c(N)nc(-n4cccn4)nc32)cn1. The second-order valence-electron chi connectivity index (χ2n) is 5.38. The number of H-pyrrole nitrogens is 1. The molecule has 4 aromatic heterocycles.